The Morgan fingerprint density at radius 1 is 1.12 bits per heavy atom. The first kappa shape index (κ1) is 19.2. The van der Waals surface area contributed by atoms with Crippen LogP contribution in [0.3, 0.4) is 0 Å². The Morgan fingerprint density at radius 2 is 1.67 bits per heavy atom. The van der Waals surface area contributed by atoms with Gasteiger partial charge in [-0.1, -0.05) is 0 Å². The van der Waals surface area contributed by atoms with Gasteiger partial charge in [0.2, 0.25) is 0 Å². The number of esters is 2. The average Bonchev–Trinajstić information content (AvgIpc) is 2.54. The number of nitrogens with zero attached hydrogens (tertiary/aromatic N) is 2. The third-order valence-electron chi connectivity index (χ3n) is 2.97. The molecule has 24 heavy (non-hydrogen) atoms. The Bertz CT molecular complexity index is 583. The van der Waals surface area contributed by atoms with Crippen molar-refractivity contribution in [2.75, 3.05) is 38.3 Å². The minimum absolute atomic E-state index is 0.0990. The molecule has 0 unspecified atom stereocenters. The molecule has 132 valence electrons. The van der Waals surface area contributed by atoms with E-state index < -0.39 is 16.9 Å². The third kappa shape index (κ3) is 5.41. The van der Waals surface area contributed by atoms with E-state index in [2.05, 4.69) is 0 Å². The van der Waals surface area contributed by atoms with Crippen LogP contribution in [0.25, 0.3) is 0 Å². The summed E-state index contributed by atoms with van der Waals surface area (Å²) in [5, 5.41) is 11.3. The van der Waals surface area contributed by atoms with E-state index in [1.54, 1.807) is 13.8 Å². The second-order valence-corrected chi connectivity index (χ2v) is 4.58. The van der Waals surface area contributed by atoms with E-state index in [4.69, 9.17) is 14.2 Å². The molecule has 1 aromatic carbocycles. The maximum Gasteiger partial charge on any atom is 0.325 e. The van der Waals surface area contributed by atoms with Crippen LogP contribution >= 0.6 is 0 Å². The van der Waals surface area contributed by atoms with Crippen LogP contribution in [-0.2, 0) is 19.1 Å². The predicted molar refractivity (Wildman–Crippen MR) is 85.1 cm³/mol. The SMILES string of the molecule is CCOC(=O)CN(CC(=O)OCC)c1ccc(OC)cc1[N+](=O)[O-]. The third-order valence-corrected chi connectivity index (χ3v) is 2.97. The number of anilines is 1. The predicted octanol–water partition coefficient (Wildman–Crippen LogP) is 1.54. The highest BCUT2D eigenvalue weighted by Crippen LogP contribution is 2.32. The fourth-order valence-corrected chi connectivity index (χ4v) is 2.00. The van der Waals surface area contributed by atoms with E-state index in [-0.39, 0.29) is 43.4 Å². The van der Waals surface area contributed by atoms with Crippen LogP contribution in [0.1, 0.15) is 13.8 Å². The normalized spacial score (nSPS) is 9.96. The van der Waals surface area contributed by atoms with Crippen molar-refractivity contribution < 1.29 is 28.7 Å². The topological polar surface area (TPSA) is 108 Å². The molecule has 0 spiro atoms. The van der Waals surface area contributed by atoms with E-state index in [0.29, 0.717) is 0 Å². The van der Waals surface area contributed by atoms with Crippen LogP contribution in [0, 0.1) is 10.1 Å². The van der Waals surface area contributed by atoms with Gasteiger partial charge < -0.3 is 19.1 Å². The van der Waals surface area contributed by atoms with Crippen LogP contribution in [0.4, 0.5) is 11.4 Å². The molecule has 0 aliphatic carbocycles. The summed E-state index contributed by atoms with van der Waals surface area (Å²) in [4.78, 5) is 35.5. The van der Waals surface area contributed by atoms with Crippen molar-refractivity contribution in [2.45, 2.75) is 13.8 Å². The summed E-state index contributed by atoms with van der Waals surface area (Å²) in [5.41, 5.74) is -0.190. The molecule has 1 aromatic rings. The number of nitro benzene ring substituents is 1. The van der Waals surface area contributed by atoms with Gasteiger partial charge in [-0.15, -0.1) is 0 Å². The molecule has 0 atom stereocenters. The Morgan fingerprint density at radius 3 is 2.08 bits per heavy atom. The lowest BCUT2D eigenvalue weighted by Gasteiger charge is -2.22. The second-order valence-electron chi connectivity index (χ2n) is 4.58. The van der Waals surface area contributed by atoms with Crippen molar-refractivity contribution in [3.63, 3.8) is 0 Å². The van der Waals surface area contributed by atoms with Crippen molar-refractivity contribution in [3.05, 3.63) is 28.3 Å². The molecule has 0 aromatic heterocycles. The Kier molecular flexibility index (Phi) is 7.47. The lowest BCUT2D eigenvalue weighted by atomic mass is 10.2. The Hall–Kier alpha value is -2.84. The molecule has 1 rings (SSSR count). The van der Waals surface area contributed by atoms with Crippen molar-refractivity contribution in [1.29, 1.82) is 0 Å². The minimum atomic E-state index is -0.610. The zero-order chi connectivity index (χ0) is 18.1. The summed E-state index contributed by atoms with van der Waals surface area (Å²) in [7, 11) is 1.38. The van der Waals surface area contributed by atoms with Gasteiger partial charge in [0.05, 0.1) is 31.3 Å². The fraction of sp³-hybridized carbons (Fsp3) is 0.467. The summed E-state index contributed by atoms with van der Waals surface area (Å²) in [6, 6.07) is 4.14. The van der Waals surface area contributed by atoms with Crippen LogP contribution in [0.2, 0.25) is 0 Å². The maximum absolute atomic E-state index is 11.8. The molecule has 0 saturated heterocycles. The molecule has 0 aliphatic heterocycles. The van der Waals surface area contributed by atoms with E-state index in [0.717, 1.165) is 0 Å². The molecule has 0 bridgehead atoms. The highest BCUT2D eigenvalue weighted by atomic mass is 16.6. The number of methoxy groups -OCH3 is 1. The van der Waals surface area contributed by atoms with E-state index >= 15 is 0 Å². The molecule has 0 heterocycles. The molecule has 0 amide bonds. The highest BCUT2D eigenvalue weighted by molar-refractivity contribution is 5.83. The number of carbonyl (C=O) groups excluding carboxylic acids is 2. The van der Waals surface area contributed by atoms with Crippen LogP contribution in [0.15, 0.2) is 18.2 Å². The van der Waals surface area contributed by atoms with Crippen molar-refractivity contribution in [2.24, 2.45) is 0 Å². The monoisotopic (exact) mass is 340 g/mol. The van der Waals surface area contributed by atoms with Gasteiger partial charge in [0.25, 0.3) is 5.69 Å². The quantitative estimate of drug-likeness (QED) is 0.378. The number of hydrogen-bond acceptors (Lipinski definition) is 8. The molecule has 9 heteroatoms. The second kappa shape index (κ2) is 9.33. The van der Waals surface area contributed by atoms with E-state index in [1.807, 2.05) is 0 Å². The lowest BCUT2D eigenvalue weighted by molar-refractivity contribution is -0.384. The zero-order valence-electron chi connectivity index (χ0n) is 13.8. The number of hydrogen-bond donors (Lipinski definition) is 0. The molecule has 0 aliphatic rings. The van der Waals surface area contributed by atoms with Gasteiger partial charge in [0, 0.05) is 0 Å². The van der Waals surface area contributed by atoms with Gasteiger partial charge in [-0.05, 0) is 26.0 Å². The van der Waals surface area contributed by atoms with Crippen molar-refractivity contribution in [1.82, 2.24) is 0 Å². The van der Waals surface area contributed by atoms with E-state index in [1.165, 1.54) is 30.2 Å². The van der Waals surface area contributed by atoms with Crippen molar-refractivity contribution >= 4 is 23.3 Å². The Labute approximate surface area is 139 Å². The fourth-order valence-electron chi connectivity index (χ4n) is 2.00. The summed E-state index contributed by atoms with van der Waals surface area (Å²) in [6.45, 7) is 2.97. The number of ether oxygens (including phenoxy) is 3. The van der Waals surface area contributed by atoms with Crippen LogP contribution in [0.5, 0.6) is 5.75 Å². The molecule has 0 radical (unpaired) electrons. The van der Waals surface area contributed by atoms with Gasteiger partial charge in [-0.3, -0.25) is 19.7 Å². The Balaban J connectivity index is 3.18. The lowest BCUT2D eigenvalue weighted by Crippen LogP contribution is -2.36. The number of benzene rings is 1. The zero-order valence-corrected chi connectivity index (χ0v) is 13.8. The first-order valence-corrected chi connectivity index (χ1v) is 7.31. The smallest absolute Gasteiger partial charge is 0.325 e. The van der Waals surface area contributed by atoms with E-state index in [9.17, 15) is 19.7 Å². The maximum atomic E-state index is 11.8. The minimum Gasteiger partial charge on any atom is -0.496 e. The number of rotatable bonds is 9. The molecular formula is C15H20N2O7. The molecule has 9 nitrogen and oxygen atoms in total. The summed E-state index contributed by atoms with van der Waals surface area (Å²) in [5.74, 6) is -0.920. The number of nitro groups is 1. The molecule has 0 saturated carbocycles. The first-order chi connectivity index (χ1) is 11.4. The van der Waals surface area contributed by atoms with Crippen LogP contribution in [-0.4, -0.2) is 50.3 Å². The van der Waals surface area contributed by atoms with Gasteiger partial charge >= 0.3 is 11.9 Å². The highest BCUT2D eigenvalue weighted by Gasteiger charge is 2.25. The summed E-state index contributed by atoms with van der Waals surface area (Å²) < 4.78 is 14.7. The molecule has 0 fully saturated rings. The van der Waals surface area contributed by atoms with Crippen molar-refractivity contribution in [3.8, 4) is 5.75 Å². The van der Waals surface area contributed by atoms with Gasteiger partial charge in [0.1, 0.15) is 24.5 Å². The standard InChI is InChI=1S/C15H20N2O7/c1-4-23-14(18)9-16(10-15(19)24-5-2)12-7-6-11(22-3)8-13(12)17(20)21/h6-8H,4-5,9-10H2,1-3H3. The summed E-state index contributed by atoms with van der Waals surface area (Å²) >= 11 is 0. The molecule has 0 N–H and O–H groups in total. The first-order valence-electron chi connectivity index (χ1n) is 7.31. The van der Waals surface area contributed by atoms with Gasteiger partial charge in [-0.2, -0.15) is 0 Å². The largest absolute Gasteiger partial charge is 0.496 e. The average molecular weight is 340 g/mol. The van der Waals surface area contributed by atoms with Gasteiger partial charge in [0.15, 0.2) is 0 Å². The summed E-state index contributed by atoms with van der Waals surface area (Å²) in [6.07, 6.45) is 0. The van der Waals surface area contributed by atoms with Gasteiger partial charge in [-0.25, -0.2) is 0 Å². The molecular weight excluding hydrogens is 320 g/mol. The number of carbonyl (C=O) groups is 2. The van der Waals surface area contributed by atoms with Crippen LogP contribution < -0.4 is 9.64 Å².